The first-order chi connectivity index (χ1) is 17.3. The number of fused-ring (bicyclic) bond motifs is 1. The number of aromatic nitrogens is 4. The highest BCUT2D eigenvalue weighted by Crippen LogP contribution is 2.33. The average molecular weight is 499 g/mol. The van der Waals surface area contributed by atoms with Crippen LogP contribution in [0.2, 0.25) is 0 Å². The van der Waals surface area contributed by atoms with Crippen LogP contribution in [-0.2, 0) is 4.79 Å². The van der Waals surface area contributed by atoms with Crippen molar-refractivity contribution < 1.29 is 18.4 Å². The second-order valence-corrected chi connectivity index (χ2v) is 9.36. The van der Waals surface area contributed by atoms with Crippen molar-refractivity contribution in [3.63, 3.8) is 0 Å². The molecule has 0 atom stereocenters. The van der Waals surface area contributed by atoms with Gasteiger partial charge >= 0.3 is 0 Å². The Labute approximate surface area is 206 Å². The molecule has 5 rings (SSSR count). The fraction of sp³-hybridized carbons (Fsp3) is 0.458. The minimum absolute atomic E-state index is 0.0968. The summed E-state index contributed by atoms with van der Waals surface area (Å²) in [4.78, 5) is 40.0. The van der Waals surface area contributed by atoms with Crippen LogP contribution in [0.5, 0.6) is 0 Å². The van der Waals surface area contributed by atoms with E-state index in [9.17, 15) is 18.4 Å². The van der Waals surface area contributed by atoms with Gasteiger partial charge in [-0.15, -0.1) is 0 Å². The molecule has 3 aromatic heterocycles. The zero-order valence-electron chi connectivity index (χ0n) is 20.2. The summed E-state index contributed by atoms with van der Waals surface area (Å²) in [6, 6.07) is 0. The summed E-state index contributed by atoms with van der Waals surface area (Å²) in [7, 11) is 2.05. The molecule has 3 aromatic rings. The Hall–Kier alpha value is -3.67. The maximum Gasteiger partial charge on any atom is 0.261 e. The van der Waals surface area contributed by atoms with E-state index in [0.29, 0.717) is 31.6 Å². The molecule has 0 aliphatic carbocycles. The van der Waals surface area contributed by atoms with Crippen molar-refractivity contribution in [1.82, 2.24) is 29.4 Å². The summed E-state index contributed by atoms with van der Waals surface area (Å²) in [6.07, 6.45) is 5.85. The van der Waals surface area contributed by atoms with E-state index in [1.54, 1.807) is 6.92 Å². The Balaban J connectivity index is 1.31. The minimum Gasteiger partial charge on any atom is -0.367 e. The maximum absolute atomic E-state index is 15.0. The fourth-order valence-corrected chi connectivity index (χ4v) is 4.95. The molecule has 1 N–H and O–H groups in total. The van der Waals surface area contributed by atoms with Crippen LogP contribution in [0.1, 0.15) is 28.9 Å². The molecule has 12 heteroatoms. The second-order valence-electron chi connectivity index (χ2n) is 9.36. The van der Waals surface area contributed by atoms with Gasteiger partial charge in [0.25, 0.3) is 5.91 Å². The van der Waals surface area contributed by atoms with E-state index in [2.05, 4.69) is 25.3 Å². The third-order valence-electron chi connectivity index (χ3n) is 6.94. The number of pyridine rings is 1. The Bertz CT molecular complexity index is 1300. The van der Waals surface area contributed by atoms with E-state index in [1.807, 2.05) is 16.8 Å². The minimum atomic E-state index is -0.580. The van der Waals surface area contributed by atoms with E-state index in [0.717, 1.165) is 44.8 Å². The SMILES string of the molecule is Cc1nn2cc(F)cnc2c1C(=O)Nc1cncc(F)c1N1CCC(C(=O)N2CCN(C)CC2)CC1. The van der Waals surface area contributed by atoms with Crippen molar-refractivity contribution in [2.75, 3.05) is 56.5 Å². The maximum atomic E-state index is 15.0. The first kappa shape index (κ1) is 24.0. The normalized spacial score (nSPS) is 17.6. The zero-order chi connectivity index (χ0) is 25.4. The number of nitrogens with zero attached hydrogens (tertiary/aromatic N) is 7. The van der Waals surface area contributed by atoms with E-state index in [4.69, 9.17) is 0 Å². The quantitative estimate of drug-likeness (QED) is 0.587. The molecule has 2 aliphatic heterocycles. The van der Waals surface area contributed by atoms with Gasteiger partial charge < -0.3 is 20.0 Å². The van der Waals surface area contributed by atoms with Crippen molar-refractivity contribution in [2.24, 2.45) is 5.92 Å². The molecule has 0 unspecified atom stereocenters. The zero-order valence-corrected chi connectivity index (χ0v) is 20.2. The lowest BCUT2D eigenvalue weighted by Gasteiger charge is -2.38. The van der Waals surface area contributed by atoms with Gasteiger partial charge in [0.15, 0.2) is 17.3 Å². The van der Waals surface area contributed by atoms with Crippen molar-refractivity contribution in [2.45, 2.75) is 19.8 Å². The topological polar surface area (TPSA) is 99.0 Å². The molecule has 190 valence electrons. The number of nitrogens with one attached hydrogen (secondary N) is 1. The Morgan fingerprint density at radius 2 is 1.75 bits per heavy atom. The Kier molecular flexibility index (Phi) is 6.52. The molecule has 2 amide bonds. The molecule has 0 saturated carbocycles. The largest absolute Gasteiger partial charge is 0.367 e. The van der Waals surface area contributed by atoms with Crippen LogP contribution in [0, 0.1) is 24.5 Å². The van der Waals surface area contributed by atoms with E-state index in [1.165, 1.54) is 10.7 Å². The number of rotatable bonds is 4. The van der Waals surface area contributed by atoms with Gasteiger partial charge in [0.1, 0.15) is 11.3 Å². The number of carbonyl (C=O) groups excluding carboxylic acids is 2. The number of hydrogen-bond acceptors (Lipinski definition) is 7. The molecule has 0 aromatic carbocycles. The third kappa shape index (κ3) is 4.60. The molecule has 2 saturated heterocycles. The summed E-state index contributed by atoms with van der Waals surface area (Å²) in [5, 5.41) is 6.89. The molecule has 0 spiro atoms. The van der Waals surface area contributed by atoms with Crippen molar-refractivity contribution in [3.8, 4) is 0 Å². The number of anilines is 2. The predicted molar refractivity (Wildman–Crippen MR) is 129 cm³/mol. The van der Waals surface area contributed by atoms with Gasteiger partial charge in [-0.05, 0) is 26.8 Å². The monoisotopic (exact) mass is 498 g/mol. The van der Waals surface area contributed by atoms with Gasteiger partial charge in [-0.1, -0.05) is 0 Å². The smallest absolute Gasteiger partial charge is 0.261 e. The predicted octanol–water partition coefficient (Wildman–Crippen LogP) is 1.95. The van der Waals surface area contributed by atoms with Gasteiger partial charge in [-0.25, -0.2) is 18.3 Å². The highest BCUT2D eigenvalue weighted by Gasteiger charge is 2.32. The Morgan fingerprint density at radius 1 is 1.03 bits per heavy atom. The molecule has 36 heavy (non-hydrogen) atoms. The summed E-state index contributed by atoms with van der Waals surface area (Å²) >= 11 is 0. The van der Waals surface area contributed by atoms with E-state index in [-0.39, 0.29) is 34.4 Å². The van der Waals surface area contributed by atoms with Crippen LogP contribution < -0.4 is 10.2 Å². The lowest BCUT2D eigenvalue weighted by molar-refractivity contribution is -0.137. The molecule has 0 bridgehead atoms. The molecule has 2 fully saturated rings. The van der Waals surface area contributed by atoms with Crippen LogP contribution >= 0.6 is 0 Å². The third-order valence-corrected chi connectivity index (χ3v) is 6.94. The van der Waals surface area contributed by atoms with Crippen LogP contribution in [0.25, 0.3) is 5.65 Å². The van der Waals surface area contributed by atoms with Gasteiger partial charge in [0.05, 0.1) is 36.2 Å². The molecule has 5 heterocycles. The summed E-state index contributed by atoms with van der Waals surface area (Å²) in [5.74, 6) is -1.62. The number of amides is 2. The van der Waals surface area contributed by atoms with E-state index >= 15 is 0 Å². The van der Waals surface area contributed by atoms with Gasteiger partial charge in [0, 0.05) is 45.2 Å². The number of hydrogen-bond donors (Lipinski definition) is 1. The first-order valence-corrected chi connectivity index (χ1v) is 12.0. The van der Waals surface area contributed by atoms with Crippen LogP contribution in [0.4, 0.5) is 20.2 Å². The van der Waals surface area contributed by atoms with E-state index < -0.39 is 17.5 Å². The number of aryl methyl sites for hydroxylation is 1. The molecule has 10 nitrogen and oxygen atoms in total. The lowest BCUT2D eigenvalue weighted by atomic mass is 9.94. The number of carbonyl (C=O) groups is 2. The molecular weight excluding hydrogens is 470 g/mol. The standard InChI is InChI=1S/C24H28F2N8O2/c1-15-20(22-28-11-17(25)14-34(22)30-15)23(35)29-19-13-27-12-18(26)21(19)32-5-3-16(4-6-32)24(36)33-9-7-31(2)8-10-33/h11-14,16H,3-10H2,1-2H3,(H,29,35). The van der Waals surface area contributed by atoms with Gasteiger partial charge in [-0.3, -0.25) is 14.6 Å². The highest BCUT2D eigenvalue weighted by molar-refractivity contribution is 6.10. The van der Waals surface area contributed by atoms with Crippen LogP contribution in [0.15, 0.2) is 24.8 Å². The fourth-order valence-electron chi connectivity index (χ4n) is 4.95. The number of piperazine rings is 1. The summed E-state index contributed by atoms with van der Waals surface area (Å²) < 4.78 is 29.7. The molecule has 0 radical (unpaired) electrons. The average Bonchev–Trinajstić information content (AvgIpc) is 3.19. The molecule has 2 aliphatic rings. The number of halogens is 2. The van der Waals surface area contributed by atoms with Crippen molar-refractivity contribution >= 4 is 28.8 Å². The highest BCUT2D eigenvalue weighted by atomic mass is 19.1. The summed E-state index contributed by atoms with van der Waals surface area (Å²) in [6.45, 7) is 5.77. The lowest BCUT2D eigenvalue weighted by Crippen LogP contribution is -2.50. The first-order valence-electron chi connectivity index (χ1n) is 12.0. The number of piperidine rings is 1. The Morgan fingerprint density at radius 3 is 2.47 bits per heavy atom. The van der Waals surface area contributed by atoms with Gasteiger partial charge in [-0.2, -0.15) is 5.10 Å². The van der Waals surface area contributed by atoms with Crippen LogP contribution in [-0.4, -0.2) is 87.5 Å². The molecular formula is C24H28F2N8O2. The van der Waals surface area contributed by atoms with Gasteiger partial charge in [0.2, 0.25) is 5.91 Å². The second kappa shape index (κ2) is 9.76. The van der Waals surface area contributed by atoms with Crippen molar-refractivity contribution in [3.05, 3.63) is 47.7 Å². The van der Waals surface area contributed by atoms with Crippen LogP contribution in [0.3, 0.4) is 0 Å². The number of likely N-dealkylation sites (N-methyl/N-ethyl adjacent to an activating group) is 1. The van der Waals surface area contributed by atoms with Crippen molar-refractivity contribution in [1.29, 1.82) is 0 Å². The summed E-state index contributed by atoms with van der Waals surface area (Å²) in [5.41, 5.74) is 1.17.